The molecule has 1 aromatic heterocycles. The average Bonchev–Trinajstić information content (AvgIpc) is 3.37. The minimum atomic E-state index is -0.431. The lowest BCUT2D eigenvalue weighted by atomic mass is 9.87. The summed E-state index contributed by atoms with van der Waals surface area (Å²) >= 11 is 6.22. The van der Waals surface area contributed by atoms with E-state index in [0.29, 0.717) is 18.2 Å². The van der Waals surface area contributed by atoms with Crippen LogP contribution in [-0.4, -0.2) is 34.6 Å². The maximum Gasteiger partial charge on any atom is 0.269 e. The molecular formula is C23H24ClN3O4. The molecule has 0 spiro atoms. The van der Waals surface area contributed by atoms with Gasteiger partial charge in [-0.15, -0.1) is 0 Å². The standard InChI is InChI=1S/C23H24ClN3O4/c1-23(9-2-10-31-23)14-26-22(28)12-18(15-3-6-17(7-4-15)27(29)30)20-13-25-21-8-5-16(24)11-19(20)21/h3-8,11,13,18,25H,2,9-10,12,14H2,1H3,(H,26,28)/t18-,23+/m0/s1. The van der Waals surface area contributed by atoms with Crippen LogP contribution in [0, 0.1) is 10.1 Å². The monoisotopic (exact) mass is 441 g/mol. The molecule has 0 bridgehead atoms. The first-order valence-electron chi connectivity index (χ1n) is 10.3. The summed E-state index contributed by atoms with van der Waals surface area (Å²) in [4.78, 5) is 26.7. The van der Waals surface area contributed by atoms with E-state index in [1.807, 2.05) is 25.3 Å². The summed E-state index contributed by atoms with van der Waals surface area (Å²) in [5, 5.41) is 15.6. The Morgan fingerprint density at radius 1 is 1.32 bits per heavy atom. The van der Waals surface area contributed by atoms with Gasteiger partial charge in [-0.05, 0) is 49.1 Å². The molecule has 4 rings (SSSR count). The van der Waals surface area contributed by atoms with Crippen LogP contribution in [-0.2, 0) is 9.53 Å². The predicted octanol–water partition coefficient (Wildman–Crippen LogP) is 4.94. The van der Waals surface area contributed by atoms with Crippen molar-refractivity contribution in [3.63, 3.8) is 0 Å². The van der Waals surface area contributed by atoms with Gasteiger partial charge in [-0.25, -0.2) is 0 Å². The highest BCUT2D eigenvalue weighted by molar-refractivity contribution is 6.31. The summed E-state index contributed by atoms with van der Waals surface area (Å²) in [6.07, 6.45) is 3.99. The molecule has 2 N–H and O–H groups in total. The Kier molecular flexibility index (Phi) is 5.98. The molecule has 3 aromatic rings. The lowest BCUT2D eigenvalue weighted by Gasteiger charge is -2.24. The zero-order valence-electron chi connectivity index (χ0n) is 17.2. The molecule has 0 aliphatic carbocycles. The van der Waals surface area contributed by atoms with E-state index < -0.39 is 4.92 Å². The maximum atomic E-state index is 12.9. The van der Waals surface area contributed by atoms with E-state index in [-0.39, 0.29) is 29.5 Å². The molecule has 1 amide bonds. The molecule has 2 heterocycles. The van der Waals surface area contributed by atoms with E-state index in [9.17, 15) is 14.9 Å². The number of ether oxygens (including phenoxy) is 1. The SMILES string of the molecule is C[C@]1(CNC(=O)C[C@@H](c2ccc([N+](=O)[O-])cc2)c2c[nH]c3ccc(Cl)cc23)CCCO1. The number of amides is 1. The van der Waals surface area contributed by atoms with Crippen LogP contribution in [0.15, 0.2) is 48.7 Å². The van der Waals surface area contributed by atoms with Gasteiger partial charge in [0.05, 0.1) is 10.5 Å². The van der Waals surface area contributed by atoms with Gasteiger partial charge in [-0.1, -0.05) is 23.7 Å². The molecule has 31 heavy (non-hydrogen) atoms. The van der Waals surface area contributed by atoms with Gasteiger partial charge in [0.2, 0.25) is 5.91 Å². The Bertz CT molecular complexity index is 1100. The van der Waals surface area contributed by atoms with Crippen LogP contribution in [0.25, 0.3) is 10.9 Å². The number of nitrogens with one attached hydrogen (secondary N) is 2. The molecule has 1 saturated heterocycles. The third kappa shape index (κ3) is 4.73. The van der Waals surface area contributed by atoms with Crippen molar-refractivity contribution in [1.82, 2.24) is 10.3 Å². The maximum absolute atomic E-state index is 12.9. The number of hydrogen-bond acceptors (Lipinski definition) is 4. The number of nitro benzene ring substituents is 1. The van der Waals surface area contributed by atoms with Gasteiger partial charge in [0.15, 0.2) is 0 Å². The number of aromatic amines is 1. The number of halogens is 1. The van der Waals surface area contributed by atoms with E-state index in [1.165, 1.54) is 12.1 Å². The van der Waals surface area contributed by atoms with Crippen LogP contribution in [0.1, 0.15) is 43.2 Å². The van der Waals surface area contributed by atoms with Gasteiger partial charge in [0, 0.05) is 59.7 Å². The first-order valence-corrected chi connectivity index (χ1v) is 10.6. The van der Waals surface area contributed by atoms with Gasteiger partial charge in [0.1, 0.15) is 0 Å². The first-order chi connectivity index (χ1) is 14.8. The number of aromatic nitrogens is 1. The lowest BCUT2D eigenvalue weighted by Crippen LogP contribution is -2.40. The highest BCUT2D eigenvalue weighted by Crippen LogP contribution is 2.35. The van der Waals surface area contributed by atoms with Crippen molar-refractivity contribution in [2.45, 2.75) is 37.7 Å². The van der Waals surface area contributed by atoms with Crippen LogP contribution >= 0.6 is 11.6 Å². The summed E-state index contributed by atoms with van der Waals surface area (Å²) in [7, 11) is 0. The number of H-pyrrole nitrogens is 1. The van der Waals surface area contributed by atoms with Crippen LogP contribution < -0.4 is 5.32 Å². The molecule has 2 aromatic carbocycles. The Hall–Kier alpha value is -2.90. The van der Waals surface area contributed by atoms with Crippen LogP contribution in [0.4, 0.5) is 5.69 Å². The predicted molar refractivity (Wildman–Crippen MR) is 119 cm³/mol. The van der Waals surface area contributed by atoms with Crippen molar-refractivity contribution in [3.8, 4) is 0 Å². The summed E-state index contributed by atoms with van der Waals surface area (Å²) in [6, 6.07) is 11.9. The number of benzene rings is 2. The van der Waals surface area contributed by atoms with E-state index >= 15 is 0 Å². The number of hydrogen-bond donors (Lipinski definition) is 2. The van der Waals surface area contributed by atoms with E-state index in [0.717, 1.165) is 34.9 Å². The molecule has 1 aliphatic heterocycles. The average molecular weight is 442 g/mol. The molecule has 0 saturated carbocycles. The van der Waals surface area contributed by atoms with Gasteiger partial charge in [-0.2, -0.15) is 0 Å². The zero-order valence-corrected chi connectivity index (χ0v) is 17.9. The van der Waals surface area contributed by atoms with Crippen LogP contribution in [0.5, 0.6) is 0 Å². The van der Waals surface area contributed by atoms with Gasteiger partial charge >= 0.3 is 0 Å². The van der Waals surface area contributed by atoms with Crippen LogP contribution in [0.2, 0.25) is 5.02 Å². The number of carbonyl (C=O) groups is 1. The molecule has 1 aliphatic rings. The molecule has 162 valence electrons. The molecule has 7 nitrogen and oxygen atoms in total. The number of non-ortho nitro benzene ring substituents is 1. The fourth-order valence-corrected chi connectivity index (χ4v) is 4.33. The molecule has 0 radical (unpaired) electrons. The van der Waals surface area contributed by atoms with Crippen molar-refractivity contribution in [2.75, 3.05) is 13.2 Å². The molecule has 0 unspecified atom stereocenters. The molecule has 1 fully saturated rings. The number of nitro groups is 1. The van der Waals surface area contributed by atoms with E-state index in [1.54, 1.807) is 18.2 Å². The fraction of sp³-hybridized carbons (Fsp3) is 0.348. The zero-order chi connectivity index (χ0) is 22.0. The van der Waals surface area contributed by atoms with Crippen LogP contribution in [0.3, 0.4) is 0 Å². The number of fused-ring (bicyclic) bond motifs is 1. The van der Waals surface area contributed by atoms with Crippen molar-refractivity contribution in [3.05, 3.63) is 74.9 Å². The van der Waals surface area contributed by atoms with Gasteiger partial charge in [0.25, 0.3) is 5.69 Å². The summed E-state index contributed by atoms with van der Waals surface area (Å²) < 4.78 is 5.76. The number of rotatable bonds is 7. The highest BCUT2D eigenvalue weighted by Gasteiger charge is 2.30. The van der Waals surface area contributed by atoms with Crippen molar-refractivity contribution in [1.29, 1.82) is 0 Å². The first kappa shape index (κ1) is 21.3. The summed E-state index contributed by atoms with van der Waals surface area (Å²) in [5.74, 6) is -0.387. The third-order valence-corrected chi connectivity index (χ3v) is 6.14. The van der Waals surface area contributed by atoms with Crippen molar-refractivity contribution >= 4 is 34.1 Å². The largest absolute Gasteiger partial charge is 0.373 e. The normalized spacial score (nSPS) is 19.4. The van der Waals surface area contributed by atoms with E-state index in [4.69, 9.17) is 16.3 Å². The fourth-order valence-electron chi connectivity index (χ4n) is 4.16. The van der Waals surface area contributed by atoms with Crippen molar-refractivity contribution in [2.24, 2.45) is 0 Å². The topological polar surface area (TPSA) is 97.3 Å². The Labute approximate surface area is 184 Å². The van der Waals surface area contributed by atoms with E-state index in [2.05, 4.69) is 10.3 Å². The Morgan fingerprint density at radius 2 is 2.10 bits per heavy atom. The molecular weight excluding hydrogens is 418 g/mol. The second kappa shape index (κ2) is 8.69. The van der Waals surface area contributed by atoms with Crippen molar-refractivity contribution < 1.29 is 14.5 Å². The lowest BCUT2D eigenvalue weighted by molar-refractivity contribution is -0.384. The van der Waals surface area contributed by atoms with Gasteiger partial charge in [-0.3, -0.25) is 14.9 Å². The summed E-state index contributed by atoms with van der Waals surface area (Å²) in [5.41, 5.74) is 2.35. The molecule has 8 heteroatoms. The third-order valence-electron chi connectivity index (χ3n) is 5.91. The molecule has 2 atom stereocenters. The van der Waals surface area contributed by atoms with Gasteiger partial charge < -0.3 is 15.0 Å². The number of nitrogens with zero attached hydrogens (tertiary/aromatic N) is 1. The minimum Gasteiger partial charge on any atom is -0.373 e. The quantitative estimate of drug-likeness (QED) is 0.401. The summed E-state index contributed by atoms with van der Waals surface area (Å²) in [6.45, 7) is 3.18. The highest BCUT2D eigenvalue weighted by atomic mass is 35.5. The Morgan fingerprint density at radius 3 is 2.77 bits per heavy atom. The smallest absolute Gasteiger partial charge is 0.269 e. The Balaban J connectivity index is 1.62. The number of carbonyl (C=O) groups excluding carboxylic acids is 1. The second-order valence-electron chi connectivity index (χ2n) is 8.22. The second-order valence-corrected chi connectivity index (χ2v) is 8.65. The minimum absolute atomic E-state index is 0.0141.